The monoisotopic (exact) mass is 402 g/mol. The maximum absolute atomic E-state index is 12.4. The highest BCUT2D eigenvalue weighted by molar-refractivity contribution is 7.18. The molecule has 0 spiro atoms. The van der Waals surface area contributed by atoms with Crippen molar-refractivity contribution in [2.75, 3.05) is 18.4 Å². The molecule has 3 aromatic heterocycles. The van der Waals surface area contributed by atoms with Gasteiger partial charge >= 0.3 is 0 Å². The number of thiazole rings is 1. The molecular weight excluding hydrogens is 384 g/mol. The van der Waals surface area contributed by atoms with Crippen LogP contribution in [0, 0.1) is 0 Å². The van der Waals surface area contributed by atoms with Crippen LogP contribution in [0.2, 0.25) is 0 Å². The summed E-state index contributed by atoms with van der Waals surface area (Å²) in [4.78, 5) is 30.4. The number of nitrogens with one attached hydrogen (secondary N) is 2. The van der Waals surface area contributed by atoms with Gasteiger partial charge in [-0.3, -0.25) is 9.78 Å². The average Bonchev–Trinajstić information content (AvgIpc) is 3.17. The zero-order chi connectivity index (χ0) is 19.6. The lowest BCUT2D eigenvalue weighted by atomic mass is 10.1. The standard InChI is InChI=1S/C21H18N6OS/c28-21-18-14(7-10-24-21)20(27-19(26-18)13-4-3-9-22-12-13)23-11-8-17-25-15-5-1-2-6-16(15)29-17/h1-6,9,12H,7-8,10-11H2,(H,24,28)(H,23,26,27). The first kappa shape index (κ1) is 17.7. The molecule has 0 saturated carbocycles. The van der Waals surface area contributed by atoms with Crippen molar-refractivity contribution in [2.45, 2.75) is 12.8 Å². The first-order valence-electron chi connectivity index (χ1n) is 9.46. The lowest BCUT2D eigenvalue weighted by Gasteiger charge is -2.20. The van der Waals surface area contributed by atoms with Crippen LogP contribution in [0.1, 0.15) is 21.1 Å². The average molecular weight is 402 g/mol. The molecule has 0 atom stereocenters. The fourth-order valence-electron chi connectivity index (χ4n) is 3.38. The van der Waals surface area contributed by atoms with Crippen LogP contribution in [-0.4, -0.2) is 38.9 Å². The molecule has 4 aromatic rings. The fourth-order valence-corrected chi connectivity index (χ4v) is 4.35. The number of aromatic nitrogens is 4. The number of fused-ring (bicyclic) bond motifs is 2. The van der Waals surface area contributed by atoms with E-state index in [-0.39, 0.29) is 5.91 Å². The minimum Gasteiger partial charge on any atom is -0.369 e. The van der Waals surface area contributed by atoms with Crippen molar-refractivity contribution in [3.8, 4) is 11.4 Å². The van der Waals surface area contributed by atoms with E-state index in [9.17, 15) is 4.79 Å². The summed E-state index contributed by atoms with van der Waals surface area (Å²) in [6.07, 6.45) is 4.89. The number of anilines is 1. The predicted molar refractivity (Wildman–Crippen MR) is 113 cm³/mol. The van der Waals surface area contributed by atoms with Crippen molar-refractivity contribution >= 4 is 33.3 Å². The van der Waals surface area contributed by atoms with Crippen LogP contribution in [-0.2, 0) is 12.8 Å². The summed E-state index contributed by atoms with van der Waals surface area (Å²) in [5.41, 5.74) is 3.11. The van der Waals surface area contributed by atoms with Gasteiger partial charge < -0.3 is 10.6 Å². The normalized spacial score (nSPS) is 13.2. The van der Waals surface area contributed by atoms with Crippen LogP contribution in [0.3, 0.4) is 0 Å². The van der Waals surface area contributed by atoms with Gasteiger partial charge in [0.1, 0.15) is 11.5 Å². The topological polar surface area (TPSA) is 92.7 Å². The van der Waals surface area contributed by atoms with E-state index in [0.717, 1.165) is 28.1 Å². The Morgan fingerprint density at radius 3 is 2.90 bits per heavy atom. The molecule has 0 fully saturated rings. The first-order valence-corrected chi connectivity index (χ1v) is 10.3. The van der Waals surface area contributed by atoms with Gasteiger partial charge in [-0.25, -0.2) is 15.0 Å². The summed E-state index contributed by atoms with van der Waals surface area (Å²) < 4.78 is 1.19. The van der Waals surface area contributed by atoms with Gasteiger partial charge in [0.25, 0.3) is 5.91 Å². The molecule has 29 heavy (non-hydrogen) atoms. The van der Waals surface area contributed by atoms with Crippen LogP contribution in [0.15, 0.2) is 48.8 Å². The van der Waals surface area contributed by atoms with E-state index < -0.39 is 0 Å². The lowest BCUT2D eigenvalue weighted by Crippen LogP contribution is -2.34. The van der Waals surface area contributed by atoms with Crippen molar-refractivity contribution < 1.29 is 4.79 Å². The maximum atomic E-state index is 12.4. The van der Waals surface area contributed by atoms with E-state index >= 15 is 0 Å². The van der Waals surface area contributed by atoms with Crippen molar-refractivity contribution in [2.24, 2.45) is 0 Å². The van der Waals surface area contributed by atoms with Gasteiger partial charge in [-0.2, -0.15) is 0 Å². The predicted octanol–water partition coefficient (Wildman–Crippen LogP) is 3.09. The molecule has 0 aliphatic carbocycles. The minimum atomic E-state index is -0.159. The van der Waals surface area contributed by atoms with Gasteiger partial charge in [0.15, 0.2) is 5.82 Å². The molecule has 7 nitrogen and oxygen atoms in total. The Balaban J connectivity index is 1.42. The van der Waals surface area contributed by atoms with Crippen LogP contribution >= 0.6 is 11.3 Å². The second-order valence-electron chi connectivity index (χ2n) is 6.72. The molecule has 8 heteroatoms. The first-order chi connectivity index (χ1) is 14.3. The van der Waals surface area contributed by atoms with Gasteiger partial charge in [-0.05, 0) is 30.7 Å². The Morgan fingerprint density at radius 1 is 1.10 bits per heavy atom. The highest BCUT2D eigenvalue weighted by Crippen LogP contribution is 2.25. The molecule has 2 N–H and O–H groups in total. The number of hydrogen-bond acceptors (Lipinski definition) is 7. The van der Waals surface area contributed by atoms with E-state index in [1.807, 2.05) is 30.3 Å². The Bertz CT molecular complexity index is 1160. The van der Waals surface area contributed by atoms with Gasteiger partial charge in [0.2, 0.25) is 0 Å². The maximum Gasteiger partial charge on any atom is 0.270 e. The van der Waals surface area contributed by atoms with Crippen LogP contribution in [0.5, 0.6) is 0 Å². The molecule has 1 aliphatic heterocycles. The van der Waals surface area contributed by atoms with Crippen LogP contribution < -0.4 is 10.6 Å². The number of pyridine rings is 1. The second kappa shape index (κ2) is 7.56. The molecule has 0 saturated heterocycles. The second-order valence-corrected chi connectivity index (χ2v) is 7.84. The van der Waals surface area contributed by atoms with E-state index in [1.54, 1.807) is 23.7 Å². The van der Waals surface area contributed by atoms with Crippen LogP contribution in [0.25, 0.3) is 21.6 Å². The van der Waals surface area contributed by atoms with E-state index in [0.29, 0.717) is 36.8 Å². The third-order valence-corrected chi connectivity index (χ3v) is 5.87. The molecule has 0 radical (unpaired) electrons. The summed E-state index contributed by atoms with van der Waals surface area (Å²) in [5.74, 6) is 1.05. The highest BCUT2D eigenvalue weighted by atomic mass is 32.1. The minimum absolute atomic E-state index is 0.159. The molecule has 5 rings (SSSR count). The molecular formula is C21H18N6OS. The summed E-state index contributed by atoms with van der Waals surface area (Å²) >= 11 is 1.71. The van der Waals surface area contributed by atoms with E-state index in [4.69, 9.17) is 4.98 Å². The van der Waals surface area contributed by atoms with Gasteiger partial charge in [0, 0.05) is 43.0 Å². The number of benzene rings is 1. The van der Waals surface area contributed by atoms with E-state index in [2.05, 4.69) is 31.7 Å². The van der Waals surface area contributed by atoms with Crippen LogP contribution in [0.4, 0.5) is 5.82 Å². The van der Waals surface area contributed by atoms with Gasteiger partial charge in [0.05, 0.1) is 15.2 Å². The molecule has 1 aromatic carbocycles. The zero-order valence-corrected chi connectivity index (χ0v) is 16.4. The Hall–Kier alpha value is -3.39. The number of carbonyl (C=O) groups excluding carboxylic acids is 1. The third-order valence-electron chi connectivity index (χ3n) is 4.77. The Kier molecular flexibility index (Phi) is 4.61. The summed E-state index contributed by atoms with van der Waals surface area (Å²) in [7, 11) is 0. The zero-order valence-electron chi connectivity index (χ0n) is 15.6. The summed E-state index contributed by atoms with van der Waals surface area (Å²) in [5, 5.41) is 7.35. The Morgan fingerprint density at radius 2 is 2.03 bits per heavy atom. The molecule has 4 heterocycles. The number of nitrogens with zero attached hydrogens (tertiary/aromatic N) is 4. The smallest absolute Gasteiger partial charge is 0.270 e. The summed E-state index contributed by atoms with van der Waals surface area (Å²) in [6, 6.07) is 11.9. The largest absolute Gasteiger partial charge is 0.369 e. The Labute approximate surface area is 171 Å². The third kappa shape index (κ3) is 3.54. The number of para-hydroxylation sites is 1. The number of rotatable bonds is 5. The lowest BCUT2D eigenvalue weighted by molar-refractivity contribution is 0.0940. The van der Waals surface area contributed by atoms with Crippen molar-refractivity contribution in [1.29, 1.82) is 0 Å². The quantitative estimate of drug-likeness (QED) is 0.533. The van der Waals surface area contributed by atoms with Crippen molar-refractivity contribution in [1.82, 2.24) is 25.3 Å². The molecule has 0 unspecified atom stereocenters. The summed E-state index contributed by atoms with van der Waals surface area (Å²) in [6.45, 7) is 1.27. The molecule has 1 aliphatic rings. The molecule has 0 bridgehead atoms. The number of carbonyl (C=O) groups is 1. The van der Waals surface area contributed by atoms with E-state index in [1.165, 1.54) is 4.70 Å². The van der Waals surface area contributed by atoms with Gasteiger partial charge in [-0.15, -0.1) is 11.3 Å². The molecule has 1 amide bonds. The van der Waals surface area contributed by atoms with Crippen molar-refractivity contribution in [3.05, 3.63) is 65.1 Å². The molecule has 144 valence electrons. The van der Waals surface area contributed by atoms with Gasteiger partial charge in [-0.1, -0.05) is 12.1 Å². The van der Waals surface area contributed by atoms with Crippen molar-refractivity contribution in [3.63, 3.8) is 0 Å². The number of amides is 1. The number of hydrogen-bond donors (Lipinski definition) is 2. The SMILES string of the molecule is O=C1NCCc2c(NCCc3nc4ccccc4s3)nc(-c3cccnc3)nc21. The fraction of sp³-hybridized carbons (Fsp3) is 0.190. The highest BCUT2D eigenvalue weighted by Gasteiger charge is 2.24.